The lowest BCUT2D eigenvalue weighted by Gasteiger charge is -2.30. The summed E-state index contributed by atoms with van der Waals surface area (Å²) in [6.45, 7) is 2.17. The Balaban J connectivity index is 1.67. The van der Waals surface area contributed by atoms with Gasteiger partial charge in [0.15, 0.2) is 0 Å². The highest BCUT2D eigenvalue weighted by molar-refractivity contribution is 5.62. The molecule has 1 fully saturated rings. The van der Waals surface area contributed by atoms with E-state index < -0.39 is 0 Å². The van der Waals surface area contributed by atoms with Gasteiger partial charge in [0.2, 0.25) is 0 Å². The standard InChI is InChI=1S/C15H20N4O/c1-19-8-2-3-13(10-19)20-12-6-4-11(5-7-12)14-9-15(16)18-17-14/h4-7,9,13H,2-3,8,10H2,1H3,(H3,16,17,18). The van der Waals surface area contributed by atoms with Crippen molar-refractivity contribution in [2.45, 2.75) is 18.9 Å². The average Bonchev–Trinajstić information content (AvgIpc) is 2.86. The summed E-state index contributed by atoms with van der Waals surface area (Å²) < 4.78 is 6.03. The number of ether oxygens (including phenoxy) is 1. The van der Waals surface area contributed by atoms with Gasteiger partial charge in [-0.3, -0.25) is 5.10 Å². The van der Waals surface area contributed by atoms with Gasteiger partial charge in [0.05, 0.1) is 5.69 Å². The number of aromatic nitrogens is 2. The normalized spacial score (nSPS) is 19.9. The van der Waals surface area contributed by atoms with Gasteiger partial charge in [0.1, 0.15) is 17.7 Å². The maximum atomic E-state index is 6.03. The van der Waals surface area contributed by atoms with E-state index in [1.165, 1.54) is 13.0 Å². The number of likely N-dealkylation sites (tertiary alicyclic amines) is 1. The molecule has 3 rings (SSSR count). The van der Waals surface area contributed by atoms with Crippen LogP contribution < -0.4 is 10.5 Å². The van der Waals surface area contributed by atoms with Gasteiger partial charge >= 0.3 is 0 Å². The third-order valence-corrected chi connectivity index (χ3v) is 3.65. The maximum Gasteiger partial charge on any atom is 0.145 e. The number of rotatable bonds is 3. The minimum absolute atomic E-state index is 0.294. The fraction of sp³-hybridized carbons (Fsp3) is 0.400. The van der Waals surface area contributed by atoms with Crippen molar-refractivity contribution in [1.82, 2.24) is 15.1 Å². The van der Waals surface area contributed by atoms with Crippen LogP contribution in [0.15, 0.2) is 30.3 Å². The Labute approximate surface area is 118 Å². The molecule has 5 heteroatoms. The number of likely N-dealkylation sites (N-methyl/N-ethyl adjacent to an activating group) is 1. The molecule has 0 aliphatic carbocycles. The number of nitrogen functional groups attached to an aromatic ring is 1. The van der Waals surface area contributed by atoms with Crippen molar-refractivity contribution in [1.29, 1.82) is 0 Å². The molecule has 0 saturated carbocycles. The largest absolute Gasteiger partial charge is 0.489 e. The molecular weight excluding hydrogens is 252 g/mol. The summed E-state index contributed by atoms with van der Waals surface area (Å²) in [5.74, 6) is 1.42. The van der Waals surface area contributed by atoms with E-state index in [1.807, 2.05) is 30.3 Å². The second-order valence-corrected chi connectivity index (χ2v) is 5.38. The lowest BCUT2D eigenvalue weighted by Crippen LogP contribution is -2.38. The van der Waals surface area contributed by atoms with Gasteiger partial charge in [-0.1, -0.05) is 0 Å². The molecule has 1 aromatic carbocycles. The first-order valence-electron chi connectivity index (χ1n) is 6.97. The van der Waals surface area contributed by atoms with Crippen LogP contribution in [-0.4, -0.2) is 41.3 Å². The summed E-state index contributed by atoms with van der Waals surface area (Å²) in [5, 5.41) is 6.84. The Morgan fingerprint density at radius 3 is 2.80 bits per heavy atom. The predicted octanol–water partition coefficient (Wildman–Crippen LogP) is 2.13. The van der Waals surface area contributed by atoms with Crippen molar-refractivity contribution in [3.05, 3.63) is 30.3 Å². The molecule has 2 aromatic rings. The number of piperidine rings is 1. The fourth-order valence-electron chi connectivity index (χ4n) is 2.61. The molecule has 106 valence electrons. The molecule has 1 aliphatic heterocycles. The molecule has 1 atom stereocenters. The molecule has 2 heterocycles. The van der Waals surface area contributed by atoms with Crippen molar-refractivity contribution in [3.8, 4) is 17.0 Å². The van der Waals surface area contributed by atoms with E-state index in [1.54, 1.807) is 0 Å². The number of anilines is 1. The van der Waals surface area contributed by atoms with Crippen LogP contribution in [0.2, 0.25) is 0 Å². The molecule has 3 N–H and O–H groups in total. The number of nitrogens with zero attached hydrogens (tertiary/aromatic N) is 2. The number of H-pyrrole nitrogens is 1. The summed E-state index contributed by atoms with van der Waals surface area (Å²) in [4.78, 5) is 2.32. The lowest BCUT2D eigenvalue weighted by atomic mass is 10.1. The van der Waals surface area contributed by atoms with Crippen LogP contribution in [0.4, 0.5) is 5.82 Å². The van der Waals surface area contributed by atoms with Gasteiger partial charge in [-0.05, 0) is 56.3 Å². The van der Waals surface area contributed by atoms with E-state index in [2.05, 4.69) is 22.1 Å². The molecule has 1 unspecified atom stereocenters. The zero-order valence-electron chi connectivity index (χ0n) is 11.7. The third kappa shape index (κ3) is 2.93. The molecule has 1 aliphatic rings. The SMILES string of the molecule is CN1CCCC(Oc2ccc(-c3cc(N)n[nH]3)cc2)C1. The number of aromatic amines is 1. The molecule has 0 bridgehead atoms. The molecule has 20 heavy (non-hydrogen) atoms. The zero-order valence-corrected chi connectivity index (χ0v) is 11.7. The molecule has 1 aromatic heterocycles. The average molecular weight is 272 g/mol. The quantitative estimate of drug-likeness (QED) is 0.898. The minimum Gasteiger partial charge on any atom is -0.489 e. The first-order chi connectivity index (χ1) is 9.70. The lowest BCUT2D eigenvalue weighted by molar-refractivity contribution is 0.104. The minimum atomic E-state index is 0.294. The Bertz CT molecular complexity index is 564. The third-order valence-electron chi connectivity index (χ3n) is 3.65. The zero-order chi connectivity index (χ0) is 13.9. The highest BCUT2D eigenvalue weighted by atomic mass is 16.5. The summed E-state index contributed by atoms with van der Waals surface area (Å²) in [5.41, 5.74) is 7.59. The number of hydrogen-bond donors (Lipinski definition) is 2. The predicted molar refractivity (Wildman–Crippen MR) is 79.6 cm³/mol. The van der Waals surface area contributed by atoms with Crippen molar-refractivity contribution in [2.75, 3.05) is 25.9 Å². The van der Waals surface area contributed by atoms with Crippen LogP contribution in [-0.2, 0) is 0 Å². The fourth-order valence-corrected chi connectivity index (χ4v) is 2.61. The van der Waals surface area contributed by atoms with E-state index in [-0.39, 0.29) is 0 Å². The summed E-state index contributed by atoms with van der Waals surface area (Å²) >= 11 is 0. The second-order valence-electron chi connectivity index (χ2n) is 5.38. The van der Waals surface area contributed by atoms with E-state index in [0.29, 0.717) is 11.9 Å². The van der Waals surface area contributed by atoms with Crippen molar-refractivity contribution in [3.63, 3.8) is 0 Å². The van der Waals surface area contributed by atoms with E-state index >= 15 is 0 Å². The van der Waals surface area contributed by atoms with E-state index in [0.717, 1.165) is 30.0 Å². The Hall–Kier alpha value is -2.01. The Morgan fingerprint density at radius 2 is 2.15 bits per heavy atom. The number of hydrogen-bond acceptors (Lipinski definition) is 4. The summed E-state index contributed by atoms with van der Waals surface area (Å²) in [6.07, 6.45) is 2.62. The molecule has 0 spiro atoms. The Morgan fingerprint density at radius 1 is 1.35 bits per heavy atom. The van der Waals surface area contributed by atoms with E-state index in [4.69, 9.17) is 10.5 Å². The van der Waals surface area contributed by atoms with E-state index in [9.17, 15) is 0 Å². The Kier molecular flexibility index (Phi) is 3.60. The van der Waals surface area contributed by atoms with Crippen molar-refractivity contribution in [2.24, 2.45) is 0 Å². The molecule has 0 amide bonds. The first-order valence-corrected chi connectivity index (χ1v) is 6.97. The van der Waals surface area contributed by atoms with Crippen LogP contribution in [0, 0.1) is 0 Å². The number of nitrogens with two attached hydrogens (primary N) is 1. The highest BCUT2D eigenvalue weighted by Gasteiger charge is 2.18. The van der Waals surface area contributed by atoms with Crippen LogP contribution in [0.5, 0.6) is 5.75 Å². The van der Waals surface area contributed by atoms with Gasteiger partial charge < -0.3 is 15.4 Å². The molecule has 5 nitrogen and oxygen atoms in total. The van der Waals surface area contributed by atoms with Crippen LogP contribution in [0.1, 0.15) is 12.8 Å². The van der Waals surface area contributed by atoms with Gasteiger partial charge in [-0.15, -0.1) is 0 Å². The van der Waals surface area contributed by atoms with Crippen LogP contribution >= 0.6 is 0 Å². The van der Waals surface area contributed by atoms with Crippen LogP contribution in [0.25, 0.3) is 11.3 Å². The maximum absolute atomic E-state index is 6.03. The van der Waals surface area contributed by atoms with Gasteiger partial charge in [-0.2, -0.15) is 5.10 Å². The monoisotopic (exact) mass is 272 g/mol. The van der Waals surface area contributed by atoms with Crippen molar-refractivity contribution < 1.29 is 4.74 Å². The molecular formula is C15H20N4O. The van der Waals surface area contributed by atoms with Crippen LogP contribution in [0.3, 0.4) is 0 Å². The van der Waals surface area contributed by atoms with Gasteiger partial charge in [0, 0.05) is 12.6 Å². The topological polar surface area (TPSA) is 67.2 Å². The summed E-state index contributed by atoms with van der Waals surface area (Å²) in [6, 6.07) is 9.87. The number of nitrogens with one attached hydrogen (secondary N) is 1. The molecule has 0 radical (unpaired) electrons. The second kappa shape index (κ2) is 5.54. The number of benzene rings is 1. The van der Waals surface area contributed by atoms with Crippen molar-refractivity contribution >= 4 is 5.82 Å². The van der Waals surface area contributed by atoms with Gasteiger partial charge in [0.25, 0.3) is 0 Å². The smallest absolute Gasteiger partial charge is 0.145 e. The molecule has 1 saturated heterocycles. The highest BCUT2D eigenvalue weighted by Crippen LogP contribution is 2.23. The summed E-state index contributed by atoms with van der Waals surface area (Å²) in [7, 11) is 2.14. The van der Waals surface area contributed by atoms with Gasteiger partial charge in [-0.25, -0.2) is 0 Å². The first kappa shape index (κ1) is 13.0.